The molecule has 4 rings (SSSR count). The SMILES string of the molecule is CCCCN1C(=O)C(=O)/C(=C(\O)c2c[nH]c3ccccc23)C1c1cccnc1. The Labute approximate surface area is 162 Å². The number of unbranched alkanes of at least 4 members (excludes halogenated alkanes) is 1. The molecule has 1 atom stereocenters. The quantitative estimate of drug-likeness (QED) is 0.404. The highest BCUT2D eigenvalue weighted by molar-refractivity contribution is 6.46. The third kappa shape index (κ3) is 2.87. The Morgan fingerprint density at radius 1 is 1.21 bits per heavy atom. The zero-order valence-corrected chi connectivity index (χ0v) is 15.6. The molecule has 1 aromatic carbocycles. The van der Waals surface area contributed by atoms with E-state index in [1.807, 2.05) is 37.3 Å². The van der Waals surface area contributed by atoms with Crippen LogP contribution in [-0.2, 0) is 9.59 Å². The van der Waals surface area contributed by atoms with Gasteiger partial charge in [0.2, 0.25) is 0 Å². The van der Waals surface area contributed by atoms with Gasteiger partial charge >= 0.3 is 0 Å². The van der Waals surface area contributed by atoms with Crippen molar-refractivity contribution >= 4 is 28.4 Å². The minimum atomic E-state index is -0.660. The smallest absolute Gasteiger partial charge is 0.295 e. The van der Waals surface area contributed by atoms with Crippen LogP contribution in [-0.4, -0.2) is 38.2 Å². The number of rotatable bonds is 5. The van der Waals surface area contributed by atoms with Crippen LogP contribution in [0.5, 0.6) is 0 Å². The number of H-pyrrole nitrogens is 1. The lowest BCUT2D eigenvalue weighted by Crippen LogP contribution is -2.30. The largest absolute Gasteiger partial charge is 0.507 e. The number of nitrogens with zero attached hydrogens (tertiary/aromatic N) is 2. The summed E-state index contributed by atoms with van der Waals surface area (Å²) in [6, 6.07) is 10.5. The predicted octanol–water partition coefficient (Wildman–Crippen LogP) is 3.78. The Morgan fingerprint density at radius 3 is 2.79 bits per heavy atom. The molecule has 3 aromatic rings. The lowest BCUT2D eigenvalue weighted by Gasteiger charge is -2.24. The van der Waals surface area contributed by atoms with Crippen molar-refractivity contribution in [2.24, 2.45) is 0 Å². The fraction of sp³-hybridized carbons (Fsp3) is 0.227. The molecule has 6 nitrogen and oxygen atoms in total. The zero-order chi connectivity index (χ0) is 19.7. The molecule has 28 heavy (non-hydrogen) atoms. The van der Waals surface area contributed by atoms with Gasteiger partial charge < -0.3 is 15.0 Å². The number of benzene rings is 1. The minimum absolute atomic E-state index is 0.110. The summed E-state index contributed by atoms with van der Waals surface area (Å²) in [5.74, 6) is -1.40. The summed E-state index contributed by atoms with van der Waals surface area (Å²) in [6.07, 6.45) is 6.61. The van der Waals surface area contributed by atoms with E-state index in [-0.39, 0.29) is 11.3 Å². The van der Waals surface area contributed by atoms with E-state index in [4.69, 9.17) is 0 Å². The van der Waals surface area contributed by atoms with Crippen molar-refractivity contribution in [3.05, 3.63) is 71.7 Å². The number of aromatic amines is 1. The second-order valence-corrected chi connectivity index (χ2v) is 6.88. The minimum Gasteiger partial charge on any atom is -0.507 e. The van der Waals surface area contributed by atoms with Crippen molar-refractivity contribution in [3.63, 3.8) is 0 Å². The summed E-state index contributed by atoms with van der Waals surface area (Å²) >= 11 is 0. The summed E-state index contributed by atoms with van der Waals surface area (Å²) in [6.45, 7) is 2.48. The number of Topliss-reactive ketones (excluding diaryl/α,β-unsaturated/α-hetero) is 1. The number of ketones is 1. The van der Waals surface area contributed by atoms with Gasteiger partial charge in [-0.25, -0.2) is 0 Å². The molecule has 1 aliphatic rings. The average Bonchev–Trinajstić information content (AvgIpc) is 3.26. The number of para-hydroxylation sites is 1. The van der Waals surface area contributed by atoms with E-state index in [2.05, 4.69) is 9.97 Å². The Kier molecular flexibility index (Phi) is 4.69. The van der Waals surface area contributed by atoms with E-state index in [9.17, 15) is 14.7 Å². The lowest BCUT2D eigenvalue weighted by molar-refractivity contribution is -0.139. The molecular formula is C22H21N3O3. The van der Waals surface area contributed by atoms with Gasteiger partial charge in [0.05, 0.1) is 11.6 Å². The molecule has 1 saturated heterocycles. The number of carbonyl (C=O) groups is 2. The predicted molar refractivity (Wildman–Crippen MR) is 106 cm³/mol. The topological polar surface area (TPSA) is 86.3 Å². The van der Waals surface area contributed by atoms with Crippen LogP contribution < -0.4 is 0 Å². The van der Waals surface area contributed by atoms with Crippen LogP contribution in [0.4, 0.5) is 0 Å². The molecule has 2 N–H and O–H groups in total. The van der Waals surface area contributed by atoms with Crippen LogP contribution in [0.1, 0.15) is 36.9 Å². The second kappa shape index (κ2) is 7.31. The molecule has 0 saturated carbocycles. The van der Waals surface area contributed by atoms with Crippen LogP contribution in [0.25, 0.3) is 16.7 Å². The van der Waals surface area contributed by atoms with Gasteiger partial charge in [-0.2, -0.15) is 0 Å². The zero-order valence-electron chi connectivity index (χ0n) is 15.6. The first-order valence-electron chi connectivity index (χ1n) is 9.38. The lowest BCUT2D eigenvalue weighted by atomic mass is 9.96. The maximum atomic E-state index is 12.9. The number of likely N-dealkylation sites (tertiary alicyclic amines) is 1. The van der Waals surface area contributed by atoms with Gasteiger partial charge in [-0.1, -0.05) is 37.6 Å². The number of hydrogen-bond donors (Lipinski definition) is 2. The van der Waals surface area contributed by atoms with Gasteiger partial charge in [-0.15, -0.1) is 0 Å². The Bertz CT molecular complexity index is 1070. The Morgan fingerprint density at radius 2 is 2.04 bits per heavy atom. The molecule has 1 unspecified atom stereocenters. The van der Waals surface area contributed by atoms with E-state index < -0.39 is 17.7 Å². The van der Waals surface area contributed by atoms with Crippen LogP contribution in [0, 0.1) is 0 Å². The van der Waals surface area contributed by atoms with E-state index in [0.29, 0.717) is 17.7 Å². The molecule has 0 bridgehead atoms. The van der Waals surface area contributed by atoms with Gasteiger partial charge in [0.25, 0.3) is 11.7 Å². The number of amides is 1. The van der Waals surface area contributed by atoms with Crippen molar-refractivity contribution in [3.8, 4) is 0 Å². The molecule has 2 aromatic heterocycles. The van der Waals surface area contributed by atoms with Crippen molar-refractivity contribution in [1.29, 1.82) is 0 Å². The van der Waals surface area contributed by atoms with Crippen molar-refractivity contribution < 1.29 is 14.7 Å². The monoisotopic (exact) mass is 375 g/mol. The first kappa shape index (κ1) is 18.0. The molecule has 1 aliphatic heterocycles. The highest BCUT2D eigenvalue weighted by atomic mass is 16.3. The van der Waals surface area contributed by atoms with Crippen LogP contribution in [0.2, 0.25) is 0 Å². The fourth-order valence-corrected chi connectivity index (χ4v) is 3.74. The fourth-order valence-electron chi connectivity index (χ4n) is 3.74. The molecule has 6 heteroatoms. The van der Waals surface area contributed by atoms with Crippen molar-refractivity contribution in [2.75, 3.05) is 6.54 Å². The van der Waals surface area contributed by atoms with E-state index in [1.54, 1.807) is 29.6 Å². The Balaban J connectivity index is 1.90. The van der Waals surface area contributed by atoms with Crippen molar-refractivity contribution in [1.82, 2.24) is 14.9 Å². The molecule has 1 amide bonds. The van der Waals surface area contributed by atoms with Gasteiger partial charge in [-0.3, -0.25) is 14.6 Å². The molecule has 0 spiro atoms. The summed E-state index contributed by atoms with van der Waals surface area (Å²) in [7, 11) is 0. The highest BCUT2D eigenvalue weighted by Crippen LogP contribution is 2.40. The number of pyridine rings is 1. The number of nitrogens with one attached hydrogen (secondary N) is 1. The van der Waals surface area contributed by atoms with Crippen LogP contribution in [0.3, 0.4) is 0 Å². The van der Waals surface area contributed by atoms with Gasteiger partial charge in [-0.05, 0) is 24.1 Å². The third-order valence-corrected chi connectivity index (χ3v) is 5.14. The standard InChI is InChI=1S/C22H21N3O3/c1-2-3-11-25-19(14-7-6-10-23-12-14)18(21(27)22(25)28)20(26)16-13-24-17-9-5-4-8-15(16)17/h4-10,12-13,19,24,26H,2-3,11H2,1H3/b20-18-. The van der Waals surface area contributed by atoms with Gasteiger partial charge in [0.1, 0.15) is 5.76 Å². The first-order valence-corrected chi connectivity index (χ1v) is 9.38. The molecule has 1 fully saturated rings. The maximum absolute atomic E-state index is 12.9. The van der Waals surface area contributed by atoms with E-state index in [1.165, 1.54) is 0 Å². The van der Waals surface area contributed by atoms with Crippen molar-refractivity contribution in [2.45, 2.75) is 25.8 Å². The van der Waals surface area contributed by atoms with Gasteiger partial charge in [0, 0.05) is 41.6 Å². The van der Waals surface area contributed by atoms with Gasteiger partial charge in [0.15, 0.2) is 0 Å². The maximum Gasteiger partial charge on any atom is 0.295 e. The summed E-state index contributed by atoms with van der Waals surface area (Å²) < 4.78 is 0. The summed E-state index contributed by atoms with van der Waals surface area (Å²) in [5, 5.41) is 11.9. The van der Waals surface area contributed by atoms with E-state index in [0.717, 1.165) is 23.7 Å². The Hall–Kier alpha value is -3.41. The normalized spacial score (nSPS) is 18.9. The number of carbonyl (C=O) groups excluding carboxylic acids is 2. The number of hydrogen-bond acceptors (Lipinski definition) is 4. The number of aliphatic hydroxyl groups is 1. The molecule has 3 heterocycles. The number of aliphatic hydroxyl groups excluding tert-OH is 1. The third-order valence-electron chi connectivity index (χ3n) is 5.14. The summed E-state index contributed by atoms with van der Waals surface area (Å²) in [5.41, 5.74) is 2.18. The van der Waals surface area contributed by atoms with E-state index >= 15 is 0 Å². The molecule has 0 aliphatic carbocycles. The second-order valence-electron chi connectivity index (χ2n) is 6.88. The molecule has 0 radical (unpaired) electrons. The average molecular weight is 375 g/mol. The first-order chi connectivity index (χ1) is 13.6. The molecular weight excluding hydrogens is 354 g/mol. The van der Waals surface area contributed by atoms with Crippen LogP contribution in [0.15, 0.2) is 60.6 Å². The summed E-state index contributed by atoms with van der Waals surface area (Å²) in [4.78, 5) is 34.4. The highest BCUT2D eigenvalue weighted by Gasteiger charge is 2.46. The number of fused-ring (bicyclic) bond motifs is 1. The number of aromatic nitrogens is 2. The van der Waals surface area contributed by atoms with Crippen LogP contribution >= 0.6 is 0 Å². The molecule has 142 valence electrons.